The van der Waals surface area contributed by atoms with Gasteiger partial charge >= 0.3 is 0 Å². The van der Waals surface area contributed by atoms with E-state index < -0.39 is 0 Å². The maximum atomic E-state index is 4.99. The van der Waals surface area contributed by atoms with Crippen molar-refractivity contribution in [1.82, 2.24) is 19.9 Å². The topological polar surface area (TPSA) is 51.6 Å². The van der Waals surface area contributed by atoms with E-state index in [0.29, 0.717) is 5.82 Å². The number of rotatable bonds is 2. The van der Waals surface area contributed by atoms with Crippen LogP contribution < -0.4 is 0 Å². The summed E-state index contributed by atoms with van der Waals surface area (Å²) in [5.74, 6) is 0.607. The van der Waals surface area contributed by atoms with Crippen molar-refractivity contribution in [3.05, 3.63) is 110 Å². The number of benzene rings is 4. The fourth-order valence-electron chi connectivity index (χ4n) is 4.82. The lowest BCUT2D eigenvalue weighted by Gasteiger charge is -2.12. The minimum atomic E-state index is 0.607. The molecule has 0 saturated heterocycles. The summed E-state index contributed by atoms with van der Waals surface area (Å²) < 4.78 is 0. The van der Waals surface area contributed by atoms with Gasteiger partial charge in [-0.3, -0.25) is 4.98 Å². The van der Waals surface area contributed by atoms with Crippen molar-refractivity contribution in [2.75, 3.05) is 0 Å². The average molecular weight is 435 g/mol. The van der Waals surface area contributed by atoms with Crippen LogP contribution in [0.25, 0.3) is 66.0 Å². The number of hydrogen-bond acceptors (Lipinski definition) is 4. The second kappa shape index (κ2) is 7.42. The van der Waals surface area contributed by atoms with Gasteiger partial charge in [-0.15, -0.1) is 0 Å². The van der Waals surface area contributed by atoms with Crippen LogP contribution in [0.1, 0.15) is 0 Å². The van der Waals surface area contributed by atoms with Gasteiger partial charge in [0.25, 0.3) is 0 Å². The van der Waals surface area contributed by atoms with E-state index in [9.17, 15) is 0 Å². The maximum Gasteiger partial charge on any atom is 0.178 e. The molecular formula is C30H18N4. The quantitative estimate of drug-likeness (QED) is 0.270. The maximum absolute atomic E-state index is 4.99. The molecule has 4 heteroatoms. The van der Waals surface area contributed by atoms with E-state index in [0.717, 1.165) is 44.0 Å². The number of aromatic nitrogens is 4. The average Bonchev–Trinajstić information content (AvgIpc) is 2.92. The van der Waals surface area contributed by atoms with Crippen LogP contribution in [0.3, 0.4) is 0 Å². The van der Waals surface area contributed by atoms with Crippen LogP contribution in [0.15, 0.2) is 110 Å². The number of nitrogens with zero attached hydrogens (tertiary/aromatic N) is 4. The minimum absolute atomic E-state index is 0.607. The van der Waals surface area contributed by atoms with E-state index >= 15 is 0 Å². The third kappa shape index (κ3) is 2.86. The molecule has 0 aliphatic heterocycles. The number of fused-ring (bicyclic) bond motifs is 6. The predicted octanol–water partition coefficient (Wildman–Crippen LogP) is 7.21. The van der Waals surface area contributed by atoms with Crippen LogP contribution >= 0.6 is 0 Å². The van der Waals surface area contributed by atoms with Crippen LogP contribution in [0, 0.1) is 0 Å². The third-order valence-corrected chi connectivity index (χ3v) is 6.40. The summed E-state index contributed by atoms with van der Waals surface area (Å²) in [7, 11) is 0. The lowest BCUT2D eigenvalue weighted by molar-refractivity contribution is 1.15. The highest BCUT2D eigenvalue weighted by Gasteiger charge is 2.15. The van der Waals surface area contributed by atoms with Gasteiger partial charge in [-0.1, -0.05) is 78.9 Å². The van der Waals surface area contributed by atoms with Crippen molar-refractivity contribution in [3.63, 3.8) is 0 Å². The monoisotopic (exact) mass is 434 g/mol. The molecule has 0 saturated carbocycles. The number of pyridine rings is 2. The molecule has 34 heavy (non-hydrogen) atoms. The van der Waals surface area contributed by atoms with Crippen LogP contribution in [-0.2, 0) is 0 Å². The van der Waals surface area contributed by atoms with Gasteiger partial charge < -0.3 is 0 Å². The van der Waals surface area contributed by atoms with Crippen molar-refractivity contribution < 1.29 is 0 Å². The van der Waals surface area contributed by atoms with Gasteiger partial charge in [-0.05, 0) is 28.3 Å². The number of para-hydroxylation sites is 1. The summed E-state index contributed by atoms with van der Waals surface area (Å²) in [5, 5.41) is 8.00. The van der Waals surface area contributed by atoms with Crippen molar-refractivity contribution in [2.24, 2.45) is 0 Å². The molecule has 3 aromatic heterocycles. The molecule has 3 heterocycles. The summed E-state index contributed by atoms with van der Waals surface area (Å²) >= 11 is 0. The summed E-state index contributed by atoms with van der Waals surface area (Å²) in [5.41, 5.74) is 3.49. The zero-order chi connectivity index (χ0) is 22.5. The van der Waals surface area contributed by atoms with Gasteiger partial charge in [-0.2, -0.15) is 0 Å². The van der Waals surface area contributed by atoms with E-state index in [2.05, 4.69) is 71.7 Å². The Labute approximate surface area is 195 Å². The molecule has 0 atom stereocenters. The molecule has 0 unspecified atom stereocenters. The standard InChI is InChI=1S/C30H18N4/c1-3-9-22-19(7-1)13-14-25-27(22)24-11-5-6-12-26(24)34-29(25)30-32-17-21(18-33-30)28-23-10-4-2-8-20(23)15-16-31-28/h1-18H. The van der Waals surface area contributed by atoms with Crippen LogP contribution in [0.5, 0.6) is 0 Å². The first-order valence-corrected chi connectivity index (χ1v) is 11.2. The fourth-order valence-corrected chi connectivity index (χ4v) is 4.82. The van der Waals surface area contributed by atoms with Crippen LogP contribution in [0.4, 0.5) is 0 Å². The van der Waals surface area contributed by atoms with Gasteiger partial charge in [0.2, 0.25) is 0 Å². The lowest BCUT2D eigenvalue weighted by atomic mass is 9.97. The first kappa shape index (κ1) is 18.8. The molecule has 4 nitrogen and oxygen atoms in total. The highest BCUT2D eigenvalue weighted by molar-refractivity contribution is 6.22. The molecule has 0 bridgehead atoms. The van der Waals surface area contributed by atoms with Crippen LogP contribution in [0.2, 0.25) is 0 Å². The molecule has 4 aromatic carbocycles. The van der Waals surface area contributed by atoms with Crippen molar-refractivity contribution >= 4 is 43.2 Å². The second-order valence-electron chi connectivity index (χ2n) is 8.36. The first-order valence-electron chi connectivity index (χ1n) is 11.2. The van der Waals surface area contributed by atoms with Crippen molar-refractivity contribution in [3.8, 4) is 22.8 Å². The Morgan fingerprint density at radius 2 is 1.15 bits per heavy atom. The van der Waals surface area contributed by atoms with E-state index in [-0.39, 0.29) is 0 Å². The largest absolute Gasteiger partial charge is 0.255 e. The van der Waals surface area contributed by atoms with E-state index in [1.807, 2.05) is 42.9 Å². The molecule has 0 spiro atoms. The van der Waals surface area contributed by atoms with Crippen molar-refractivity contribution in [1.29, 1.82) is 0 Å². The van der Waals surface area contributed by atoms with Gasteiger partial charge in [0.05, 0.1) is 11.2 Å². The van der Waals surface area contributed by atoms with Gasteiger partial charge in [0.1, 0.15) is 5.69 Å². The predicted molar refractivity (Wildman–Crippen MR) is 139 cm³/mol. The van der Waals surface area contributed by atoms with Gasteiger partial charge in [0, 0.05) is 45.7 Å². The first-order chi connectivity index (χ1) is 16.9. The molecule has 0 radical (unpaired) electrons. The normalized spacial score (nSPS) is 11.5. The highest BCUT2D eigenvalue weighted by atomic mass is 14.9. The fraction of sp³-hybridized carbons (Fsp3) is 0. The van der Waals surface area contributed by atoms with Crippen molar-refractivity contribution in [2.45, 2.75) is 0 Å². The molecule has 0 aliphatic carbocycles. The molecule has 7 rings (SSSR count). The second-order valence-corrected chi connectivity index (χ2v) is 8.36. The van der Waals surface area contributed by atoms with Gasteiger partial charge in [-0.25, -0.2) is 15.0 Å². The molecule has 0 aliphatic rings. The smallest absolute Gasteiger partial charge is 0.178 e. The van der Waals surface area contributed by atoms with Crippen LogP contribution in [-0.4, -0.2) is 19.9 Å². The molecule has 0 N–H and O–H groups in total. The lowest BCUT2D eigenvalue weighted by Crippen LogP contribution is -1.96. The minimum Gasteiger partial charge on any atom is -0.255 e. The third-order valence-electron chi connectivity index (χ3n) is 6.40. The summed E-state index contributed by atoms with van der Waals surface area (Å²) in [6.45, 7) is 0. The Balaban J connectivity index is 1.46. The molecule has 158 valence electrons. The molecule has 0 fully saturated rings. The Morgan fingerprint density at radius 1 is 0.471 bits per heavy atom. The zero-order valence-corrected chi connectivity index (χ0v) is 18.2. The summed E-state index contributed by atoms with van der Waals surface area (Å²) in [4.78, 5) is 19.1. The Bertz CT molecular complexity index is 1840. The Morgan fingerprint density at radius 3 is 1.97 bits per heavy atom. The van der Waals surface area contributed by atoms with E-state index in [1.165, 1.54) is 16.2 Å². The highest BCUT2D eigenvalue weighted by Crippen LogP contribution is 2.36. The summed E-state index contributed by atoms with van der Waals surface area (Å²) in [6.07, 6.45) is 5.52. The number of hydrogen-bond donors (Lipinski definition) is 0. The molecule has 7 aromatic rings. The SMILES string of the molecule is c1ccc2c(-c3cnc(-c4nc5ccccc5c5c4ccc4ccccc45)nc3)nccc2c1. The van der Waals surface area contributed by atoms with E-state index in [1.54, 1.807) is 0 Å². The van der Waals surface area contributed by atoms with Gasteiger partial charge in [0.15, 0.2) is 5.82 Å². The zero-order valence-electron chi connectivity index (χ0n) is 18.2. The summed E-state index contributed by atoms with van der Waals surface area (Å²) in [6, 6.07) is 31.3. The van der Waals surface area contributed by atoms with E-state index in [4.69, 9.17) is 15.0 Å². The molecule has 0 amide bonds. The Hall–Kier alpha value is -4.70. The Kier molecular flexibility index (Phi) is 4.11. The molecular weight excluding hydrogens is 416 g/mol.